The Labute approximate surface area is 79.3 Å². The highest BCUT2D eigenvalue weighted by Crippen LogP contribution is 2.40. The Hall–Kier alpha value is -0.340. The van der Waals surface area contributed by atoms with Gasteiger partial charge in [-0.2, -0.15) is 0 Å². The van der Waals surface area contributed by atoms with Crippen LogP contribution in [0.3, 0.4) is 0 Å². The average molecular weight is 182 g/mol. The highest BCUT2D eigenvalue weighted by molar-refractivity contribution is 5.16. The third-order valence-electron chi connectivity index (χ3n) is 3.50. The molecule has 74 valence electrons. The molecule has 2 N–H and O–H groups in total. The molecule has 0 amide bonds. The van der Waals surface area contributed by atoms with E-state index >= 15 is 0 Å². The van der Waals surface area contributed by atoms with Crippen LogP contribution in [-0.2, 0) is 0 Å². The Bertz CT molecular complexity index is 210. The van der Waals surface area contributed by atoms with E-state index in [0.717, 1.165) is 19.3 Å². The lowest BCUT2D eigenvalue weighted by Gasteiger charge is -2.20. The molecule has 0 aliphatic heterocycles. The van der Waals surface area contributed by atoms with Gasteiger partial charge in [0.1, 0.15) is 0 Å². The maximum absolute atomic E-state index is 9.59. The van der Waals surface area contributed by atoms with Crippen LogP contribution in [0.25, 0.3) is 0 Å². The number of aliphatic hydroxyl groups is 2. The third-order valence-corrected chi connectivity index (χ3v) is 3.50. The fraction of sp³-hybridized carbons (Fsp3) is 0.818. The predicted molar refractivity (Wildman–Crippen MR) is 51.2 cm³/mol. The second kappa shape index (κ2) is 3.81. The van der Waals surface area contributed by atoms with Crippen molar-refractivity contribution in [3.63, 3.8) is 0 Å². The van der Waals surface area contributed by atoms with Crippen molar-refractivity contribution in [1.82, 2.24) is 0 Å². The van der Waals surface area contributed by atoms with Crippen LogP contribution < -0.4 is 0 Å². The van der Waals surface area contributed by atoms with Crippen molar-refractivity contribution in [1.29, 1.82) is 0 Å². The summed E-state index contributed by atoms with van der Waals surface area (Å²) in [5.41, 5.74) is 1.41. The Morgan fingerprint density at radius 1 is 1.31 bits per heavy atom. The number of hydrogen-bond acceptors (Lipinski definition) is 2. The largest absolute Gasteiger partial charge is 0.396 e. The molecule has 0 aromatic carbocycles. The molecule has 2 aliphatic rings. The summed E-state index contributed by atoms with van der Waals surface area (Å²) in [5, 5.41) is 18.8. The first-order chi connectivity index (χ1) is 6.31. The standard InChI is InChI=1S/C11H18O2/c12-7-9-4-5-10(13)6-8-2-1-3-11(8)9/h6,9-13H,1-5,7H2. The van der Waals surface area contributed by atoms with Gasteiger partial charge >= 0.3 is 0 Å². The van der Waals surface area contributed by atoms with Crippen LogP contribution in [0.5, 0.6) is 0 Å². The molecular formula is C11H18O2. The quantitative estimate of drug-likeness (QED) is 0.603. The van der Waals surface area contributed by atoms with E-state index in [1.807, 2.05) is 6.08 Å². The molecule has 2 nitrogen and oxygen atoms in total. The summed E-state index contributed by atoms with van der Waals surface area (Å²) < 4.78 is 0. The van der Waals surface area contributed by atoms with Crippen molar-refractivity contribution < 1.29 is 10.2 Å². The number of allylic oxidation sites excluding steroid dienone is 1. The van der Waals surface area contributed by atoms with Gasteiger partial charge in [-0.15, -0.1) is 0 Å². The van der Waals surface area contributed by atoms with Crippen LogP contribution in [-0.4, -0.2) is 22.9 Å². The molecule has 3 atom stereocenters. The predicted octanol–water partition coefficient (Wildman–Crippen LogP) is 1.48. The van der Waals surface area contributed by atoms with Crippen LogP contribution in [0.2, 0.25) is 0 Å². The topological polar surface area (TPSA) is 40.5 Å². The zero-order chi connectivity index (χ0) is 9.26. The van der Waals surface area contributed by atoms with Crippen molar-refractivity contribution in [3.8, 4) is 0 Å². The van der Waals surface area contributed by atoms with Crippen LogP contribution in [0.15, 0.2) is 11.6 Å². The summed E-state index contributed by atoms with van der Waals surface area (Å²) in [7, 11) is 0. The number of hydrogen-bond donors (Lipinski definition) is 2. The molecule has 2 aliphatic carbocycles. The zero-order valence-electron chi connectivity index (χ0n) is 7.95. The molecule has 2 heteroatoms. The minimum atomic E-state index is -0.257. The van der Waals surface area contributed by atoms with Crippen molar-refractivity contribution in [2.24, 2.45) is 11.8 Å². The number of rotatable bonds is 1. The van der Waals surface area contributed by atoms with E-state index in [1.54, 1.807) is 0 Å². The van der Waals surface area contributed by atoms with Gasteiger partial charge in [0.15, 0.2) is 0 Å². The molecule has 1 fully saturated rings. The molecule has 13 heavy (non-hydrogen) atoms. The highest BCUT2D eigenvalue weighted by atomic mass is 16.3. The zero-order valence-corrected chi connectivity index (χ0v) is 7.95. The van der Waals surface area contributed by atoms with E-state index in [4.69, 9.17) is 0 Å². The normalized spacial score (nSPS) is 39.5. The van der Waals surface area contributed by atoms with Gasteiger partial charge in [-0.1, -0.05) is 11.6 Å². The summed E-state index contributed by atoms with van der Waals surface area (Å²) in [6.45, 7) is 0.286. The molecule has 0 radical (unpaired) electrons. The molecular weight excluding hydrogens is 164 g/mol. The maximum Gasteiger partial charge on any atom is 0.0723 e. The Morgan fingerprint density at radius 3 is 2.92 bits per heavy atom. The lowest BCUT2D eigenvalue weighted by Crippen LogP contribution is -2.16. The molecule has 0 aromatic heterocycles. The molecule has 0 aromatic rings. The molecule has 0 saturated heterocycles. The molecule has 2 rings (SSSR count). The van der Waals surface area contributed by atoms with Gasteiger partial charge in [0.05, 0.1) is 6.10 Å². The van der Waals surface area contributed by atoms with Crippen LogP contribution in [0.1, 0.15) is 32.1 Å². The third kappa shape index (κ3) is 1.79. The minimum Gasteiger partial charge on any atom is -0.396 e. The number of fused-ring (bicyclic) bond motifs is 1. The SMILES string of the molecule is OCC1CCC(O)C=C2CCCC21. The fourth-order valence-corrected chi connectivity index (χ4v) is 2.78. The molecule has 0 heterocycles. The van der Waals surface area contributed by atoms with Crippen LogP contribution >= 0.6 is 0 Å². The van der Waals surface area contributed by atoms with Gasteiger partial charge in [-0.3, -0.25) is 0 Å². The monoisotopic (exact) mass is 182 g/mol. The van der Waals surface area contributed by atoms with Crippen molar-refractivity contribution in [3.05, 3.63) is 11.6 Å². The van der Waals surface area contributed by atoms with Crippen LogP contribution in [0.4, 0.5) is 0 Å². The van der Waals surface area contributed by atoms with Crippen molar-refractivity contribution in [2.75, 3.05) is 6.61 Å². The van der Waals surface area contributed by atoms with Gasteiger partial charge in [-0.25, -0.2) is 0 Å². The van der Waals surface area contributed by atoms with Crippen LogP contribution in [0, 0.1) is 11.8 Å². The second-order valence-electron chi connectivity index (χ2n) is 4.33. The molecule has 3 unspecified atom stereocenters. The van der Waals surface area contributed by atoms with Gasteiger partial charge < -0.3 is 10.2 Å². The van der Waals surface area contributed by atoms with Gasteiger partial charge in [0.2, 0.25) is 0 Å². The van der Waals surface area contributed by atoms with E-state index in [9.17, 15) is 10.2 Å². The van der Waals surface area contributed by atoms with E-state index < -0.39 is 0 Å². The van der Waals surface area contributed by atoms with E-state index in [0.29, 0.717) is 11.8 Å². The highest BCUT2D eigenvalue weighted by Gasteiger charge is 2.31. The summed E-state index contributed by atoms with van der Waals surface area (Å²) in [6.07, 6.45) is 7.16. The lowest BCUT2D eigenvalue weighted by atomic mass is 9.87. The van der Waals surface area contributed by atoms with Gasteiger partial charge in [0, 0.05) is 6.61 Å². The van der Waals surface area contributed by atoms with E-state index in [2.05, 4.69) is 0 Å². The smallest absolute Gasteiger partial charge is 0.0723 e. The summed E-state index contributed by atoms with van der Waals surface area (Å²) >= 11 is 0. The second-order valence-corrected chi connectivity index (χ2v) is 4.33. The Morgan fingerprint density at radius 2 is 2.15 bits per heavy atom. The van der Waals surface area contributed by atoms with Gasteiger partial charge in [-0.05, 0) is 43.9 Å². The lowest BCUT2D eigenvalue weighted by molar-refractivity contribution is 0.161. The maximum atomic E-state index is 9.59. The van der Waals surface area contributed by atoms with Crippen molar-refractivity contribution >= 4 is 0 Å². The summed E-state index contributed by atoms with van der Waals surface area (Å²) in [4.78, 5) is 0. The summed E-state index contributed by atoms with van der Waals surface area (Å²) in [6, 6.07) is 0. The van der Waals surface area contributed by atoms with E-state index in [-0.39, 0.29) is 12.7 Å². The first-order valence-corrected chi connectivity index (χ1v) is 5.30. The first-order valence-electron chi connectivity index (χ1n) is 5.30. The fourth-order valence-electron chi connectivity index (χ4n) is 2.78. The van der Waals surface area contributed by atoms with Gasteiger partial charge in [0.25, 0.3) is 0 Å². The molecule has 0 bridgehead atoms. The van der Waals surface area contributed by atoms with Crippen molar-refractivity contribution in [2.45, 2.75) is 38.2 Å². The first kappa shape index (κ1) is 9.22. The average Bonchev–Trinajstić information content (AvgIpc) is 2.49. The number of aliphatic hydroxyl groups excluding tert-OH is 2. The summed E-state index contributed by atoms with van der Waals surface area (Å²) in [5.74, 6) is 0.980. The molecule has 0 spiro atoms. The Balaban J connectivity index is 2.17. The Kier molecular flexibility index (Phi) is 2.70. The molecule has 1 saturated carbocycles. The minimum absolute atomic E-state index is 0.257. The van der Waals surface area contributed by atoms with E-state index in [1.165, 1.54) is 18.4 Å².